The number of carbonyl (C=O) groups is 1. The van der Waals surface area contributed by atoms with Gasteiger partial charge in [-0.2, -0.15) is 0 Å². The number of hydrogen-bond acceptors (Lipinski definition) is 2. The van der Waals surface area contributed by atoms with Crippen molar-refractivity contribution >= 4 is 11.8 Å². The van der Waals surface area contributed by atoms with Gasteiger partial charge in [-0.05, 0) is 6.42 Å². The average Bonchev–Trinajstić information content (AvgIpc) is 2.10. The number of carboxylic acid groups (broad SMARTS) is 1. The average molecular weight is 184 g/mol. The Kier molecular flexibility index (Phi) is 6.59. The fraction of sp³-hybridized carbons (Fsp3) is 0.556. The van der Waals surface area contributed by atoms with E-state index >= 15 is 0 Å². The Morgan fingerprint density at radius 1 is 1.62 bits per heavy atom. The molecule has 13 heavy (non-hydrogen) atoms. The monoisotopic (exact) mass is 184 g/mol. The van der Waals surface area contributed by atoms with Crippen LogP contribution in [0.4, 0.5) is 0 Å². The van der Waals surface area contributed by atoms with Crippen molar-refractivity contribution in [2.45, 2.75) is 26.2 Å². The molecule has 0 amide bonds. The van der Waals surface area contributed by atoms with E-state index in [0.717, 1.165) is 31.2 Å². The van der Waals surface area contributed by atoms with E-state index in [1.807, 2.05) is 0 Å². The normalized spacial score (nSPS) is 12.0. The molecule has 0 unspecified atom stereocenters. The van der Waals surface area contributed by atoms with Crippen molar-refractivity contribution in [1.29, 1.82) is 0 Å². The second-order valence-electron chi connectivity index (χ2n) is 2.59. The van der Waals surface area contributed by atoms with Crippen molar-refractivity contribution in [3.05, 3.63) is 12.3 Å². The van der Waals surface area contributed by atoms with Gasteiger partial charge in [0.05, 0.1) is 5.84 Å². The van der Waals surface area contributed by atoms with Crippen LogP contribution in [0.1, 0.15) is 26.2 Å². The molecule has 0 atom stereocenters. The first-order valence-corrected chi connectivity index (χ1v) is 4.32. The van der Waals surface area contributed by atoms with Crippen LogP contribution < -0.4 is 5.32 Å². The first kappa shape index (κ1) is 11.7. The maximum absolute atomic E-state index is 10.1. The van der Waals surface area contributed by atoms with Crippen LogP contribution in [0.25, 0.3) is 0 Å². The number of amidine groups is 1. The number of carboxylic acids is 1. The van der Waals surface area contributed by atoms with Gasteiger partial charge in [0.1, 0.15) is 0 Å². The number of unbranched alkanes of at least 4 members (excludes halogenated alkanes) is 1. The molecule has 4 nitrogen and oxygen atoms in total. The molecule has 0 aromatic carbocycles. The molecule has 0 fully saturated rings. The fourth-order valence-corrected chi connectivity index (χ4v) is 0.802. The predicted molar refractivity (Wildman–Crippen MR) is 52.8 cm³/mol. The zero-order valence-corrected chi connectivity index (χ0v) is 8.08. The van der Waals surface area contributed by atoms with E-state index in [1.54, 1.807) is 7.05 Å². The lowest BCUT2D eigenvalue weighted by atomic mass is 10.2. The number of nitrogens with one attached hydrogen (secondary N) is 1. The smallest absolute Gasteiger partial charge is 0.329 e. The molecule has 0 aliphatic rings. The third kappa shape index (κ3) is 7.05. The predicted octanol–water partition coefficient (Wildman–Crippen LogP) is 1.39. The van der Waals surface area contributed by atoms with Crippen LogP contribution in [0.3, 0.4) is 0 Å². The third-order valence-corrected chi connectivity index (χ3v) is 1.51. The summed E-state index contributed by atoms with van der Waals surface area (Å²) in [5.74, 6) is -0.141. The highest BCUT2D eigenvalue weighted by Gasteiger charge is 1.93. The van der Waals surface area contributed by atoms with Gasteiger partial charge >= 0.3 is 5.97 Å². The molecule has 0 bridgehead atoms. The summed E-state index contributed by atoms with van der Waals surface area (Å²) in [6, 6.07) is 0. The van der Waals surface area contributed by atoms with Crippen LogP contribution >= 0.6 is 0 Å². The maximum Gasteiger partial charge on any atom is 0.329 e. The summed E-state index contributed by atoms with van der Waals surface area (Å²) in [4.78, 5) is 14.1. The van der Waals surface area contributed by atoms with E-state index in [4.69, 9.17) is 5.11 Å². The Morgan fingerprint density at radius 3 is 2.77 bits per heavy atom. The Labute approximate surface area is 78.4 Å². The number of nitrogens with zero attached hydrogens (tertiary/aromatic N) is 1. The second-order valence-corrected chi connectivity index (χ2v) is 2.59. The van der Waals surface area contributed by atoms with E-state index < -0.39 is 5.97 Å². The van der Waals surface area contributed by atoms with Crippen LogP contribution in [0, 0.1) is 0 Å². The molecule has 4 heteroatoms. The molecule has 0 aromatic heterocycles. The largest absolute Gasteiger partial charge is 0.478 e. The van der Waals surface area contributed by atoms with Gasteiger partial charge in [-0.1, -0.05) is 13.3 Å². The molecule has 0 spiro atoms. The van der Waals surface area contributed by atoms with Gasteiger partial charge in [0.2, 0.25) is 0 Å². The molecule has 0 heterocycles. The third-order valence-electron chi connectivity index (χ3n) is 1.51. The molecule has 0 aromatic rings. The lowest BCUT2D eigenvalue weighted by Gasteiger charge is -2.02. The summed E-state index contributed by atoms with van der Waals surface area (Å²) in [7, 11) is 1.69. The van der Waals surface area contributed by atoms with E-state index in [1.165, 1.54) is 6.20 Å². The first-order valence-electron chi connectivity index (χ1n) is 4.32. The summed E-state index contributed by atoms with van der Waals surface area (Å²) >= 11 is 0. The van der Waals surface area contributed by atoms with Crippen LogP contribution in [-0.4, -0.2) is 24.0 Å². The van der Waals surface area contributed by atoms with Gasteiger partial charge < -0.3 is 10.4 Å². The van der Waals surface area contributed by atoms with E-state index in [-0.39, 0.29) is 0 Å². The number of aliphatic imine (C=N–C) groups is 1. The van der Waals surface area contributed by atoms with Crippen molar-refractivity contribution in [2.24, 2.45) is 4.99 Å². The zero-order valence-electron chi connectivity index (χ0n) is 8.08. The first-order chi connectivity index (χ1) is 6.20. The highest BCUT2D eigenvalue weighted by atomic mass is 16.4. The Hall–Kier alpha value is -1.32. The Morgan fingerprint density at radius 2 is 2.31 bits per heavy atom. The molecule has 0 aliphatic heterocycles. The molecular formula is C9H16N2O2. The Balaban J connectivity index is 3.79. The summed E-state index contributed by atoms with van der Waals surface area (Å²) in [5, 5.41) is 11.1. The molecule has 0 aliphatic carbocycles. The molecular weight excluding hydrogens is 168 g/mol. The number of aliphatic carboxylic acids is 1. The Bertz CT molecular complexity index is 210. The maximum atomic E-state index is 10.1. The summed E-state index contributed by atoms with van der Waals surface area (Å²) in [5.41, 5.74) is 0. The van der Waals surface area contributed by atoms with Gasteiger partial charge in [0.25, 0.3) is 0 Å². The highest BCUT2D eigenvalue weighted by Crippen LogP contribution is 1.94. The van der Waals surface area contributed by atoms with Gasteiger partial charge in [-0.25, -0.2) is 4.79 Å². The standard InChI is InChI=1S/C9H16N2O2/c1-3-4-5-8(10-2)11-7-6-9(12)13/h6-7H,3-5H2,1-2H3,(H,10,11)(H,12,13)/b7-6+. The van der Waals surface area contributed by atoms with Crippen LogP contribution in [-0.2, 0) is 4.79 Å². The van der Waals surface area contributed by atoms with Crippen molar-refractivity contribution in [3.8, 4) is 0 Å². The van der Waals surface area contributed by atoms with Crippen LogP contribution in [0.5, 0.6) is 0 Å². The van der Waals surface area contributed by atoms with Crippen molar-refractivity contribution in [2.75, 3.05) is 7.05 Å². The second kappa shape index (κ2) is 7.34. The molecule has 74 valence electrons. The van der Waals surface area contributed by atoms with Gasteiger partial charge in [0, 0.05) is 25.7 Å². The van der Waals surface area contributed by atoms with Gasteiger partial charge in [-0.15, -0.1) is 0 Å². The topological polar surface area (TPSA) is 61.7 Å². The minimum atomic E-state index is -0.960. The summed E-state index contributed by atoms with van der Waals surface area (Å²) in [6.45, 7) is 2.10. The van der Waals surface area contributed by atoms with Crippen molar-refractivity contribution in [1.82, 2.24) is 5.32 Å². The van der Waals surface area contributed by atoms with E-state index in [0.29, 0.717) is 0 Å². The summed E-state index contributed by atoms with van der Waals surface area (Å²) < 4.78 is 0. The minimum absolute atomic E-state index is 0.819. The quantitative estimate of drug-likeness (QED) is 0.385. The molecule has 0 rings (SSSR count). The number of rotatable bonds is 5. The van der Waals surface area contributed by atoms with Gasteiger partial charge in [-0.3, -0.25) is 4.99 Å². The molecule has 0 saturated carbocycles. The highest BCUT2D eigenvalue weighted by molar-refractivity contribution is 5.85. The molecule has 0 radical (unpaired) electrons. The van der Waals surface area contributed by atoms with E-state index in [2.05, 4.69) is 17.2 Å². The fourth-order valence-electron chi connectivity index (χ4n) is 0.802. The van der Waals surface area contributed by atoms with E-state index in [9.17, 15) is 4.79 Å². The van der Waals surface area contributed by atoms with Crippen LogP contribution in [0.2, 0.25) is 0 Å². The van der Waals surface area contributed by atoms with Crippen molar-refractivity contribution in [3.63, 3.8) is 0 Å². The van der Waals surface area contributed by atoms with Crippen LogP contribution in [0.15, 0.2) is 17.3 Å². The lowest BCUT2D eigenvalue weighted by molar-refractivity contribution is -0.131. The SMILES string of the molecule is CCCCC(=NC)N/C=C/C(=O)O. The molecule has 2 N–H and O–H groups in total. The zero-order chi connectivity index (χ0) is 10.1. The minimum Gasteiger partial charge on any atom is -0.478 e. The lowest BCUT2D eigenvalue weighted by Crippen LogP contribution is -2.17. The summed E-state index contributed by atoms with van der Waals surface area (Å²) in [6.07, 6.45) is 5.46. The molecule has 0 saturated heterocycles. The van der Waals surface area contributed by atoms with Gasteiger partial charge in [0.15, 0.2) is 0 Å². The number of hydrogen-bond donors (Lipinski definition) is 2. The van der Waals surface area contributed by atoms with Crippen molar-refractivity contribution < 1.29 is 9.90 Å².